The first-order valence-corrected chi connectivity index (χ1v) is 8.69. The van der Waals surface area contributed by atoms with Crippen molar-refractivity contribution in [2.45, 2.75) is 46.1 Å². The van der Waals surface area contributed by atoms with E-state index in [0.717, 1.165) is 5.69 Å². The number of amides is 1. The van der Waals surface area contributed by atoms with E-state index in [9.17, 15) is 9.59 Å². The lowest BCUT2D eigenvalue weighted by Gasteiger charge is -2.15. The van der Waals surface area contributed by atoms with Crippen LogP contribution in [0.5, 0.6) is 0 Å². The minimum atomic E-state index is -0.255. The highest BCUT2D eigenvalue weighted by molar-refractivity contribution is 5.79. The Morgan fingerprint density at radius 2 is 2.15 bits per heavy atom. The zero-order valence-electron chi connectivity index (χ0n) is 15.1. The maximum Gasteiger partial charge on any atom is 0.254 e. The summed E-state index contributed by atoms with van der Waals surface area (Å²) >= 11 is 0. The molecule has 3 aromatic heterocycles. The van der Waals surface area contributed by atoms with Gasteiger partial charge in [-0.2, -0.15) is 0 Å². The van der Waals surface area contributed by atoms with Gasteiger partial charge >= 0.3 is 0 Å². The molecule has 0 bridgehead atoms. The summed E-state index contributed by atoms with van der Waals surface area (Å²) in [6, 6.07) is 1.58. The van der Waals surface area contributed by atoms with Gasteiger partial charge in [0.05, 0.1) is 18.2 Å². The van der Waals surface area contributed by atoms with Crippen LogP contribution in [0.1, 0.15) is 49.1 Å². The van der Waals surface area contributed by atoms with Crippen molar-refractivity contribution >= 4 is 11.7 Å². The second-order valence-electron chi connectivity index (χ2n) is 6.13. The van der Waals surface area contributed by atoms with Crippen LogP contribution in [0.4, 0.5) is 0 Å². The third-order valence-corrected chi connectivity index (χ3v) is 4.30. The van der Waals surface area contributed by atoms with E-state index >= 15 is 0 Å². The highest BCUT2D eigenvalue weighted by Crippen LogP contribution is 2.16. The average Bonchev–Trinajstić information content (AvgIpc) is 3.06. The summed E-state index contributed by atoms with van der Waals surface area (Å²) < 4.78 is 1.81. The number of imidazole rings is 1. The van der Waals surface area contributed by atoms with Crippen LogP contribution in [0.15, 0.2) is 29.5 Å². The fourth-order valence-corrected chi connectivity index (χ4v) is 2.85. The molecule has 0 fully saturated rings. The third kappa shape index (κ3) is 3.63. The molecule has 136 valence electrons. The lowest BCUT2D eigenvalue weighted by molar-refractivity contribution is -0.121. The molecule has 8 nitrogen and oxygen atoms in total. The number of carbonyl (C=O) groups is 1. The molecule has 0 aliphatic carbocycles. The number of rotatable bonds is 6. The lowest BCUT2D eigenvalue weighted by Crippen LogP contribution is -2.32. The number of fused-ring (bicyclic) bond motifs is 1. The summed E-state index contributed by atoms with van der Waals surface area (Å²) in [6.07, 6.45) is 6.69. The Morgan fingerprint density at radius 1 is 1.35 bits per heavy atom. The molecule has 0 saturated carbocycles. The summed E-state index contributed by atoms with van der Waals surface area (Å²) in [6.45, 7) is 5.64. The predicted molar refractivity (Wildman–Crippen MR) is 96.8 cm³/mol. The largest absolute Gasteiger partial charge is 0.347 e. The summed E-state index contributed by atoms with van der Waals surface area (Å²) in [4.78, 5) is 40.4. The quantitative estimate of drug-likeness (QED) is 0.698. The molecule has 0 radical (unpaired) electrons. The maximum atomic E-state index is 12.5. The number of hydrogen-bond donors (Lipinski definition) is 2. The second-order valence-corrected chi connectivity index (χ2v) is 6.13. The monoisotopic (exact) mass is 354 g/mol. The molecule has 0 aromatic carbocycles. The van der Waals surface area contributed by atoms with Crippen LogP contribution in [0.2, 0.25) is 0 Å². The van der Waals surface area contributed by atoms with Gasteiger partial charge in [-0.3, -0.25) is 14.0 Å². The number of nitrogens with zero attached hydrogens (tertiary/aromatic N) is 4. The molecule has 8 heteroatoms. The van der Waals surface area contributed by atoms with E-state index in [1.807, 2.05) is 36.7 Å². The van der Waals surface area contributed by atoms with E-state index in [0.29, 0.717) is 35.7 Å². The van der Waals surface area contributed by atoms with Gasteiger partial charge in [0.25, 0.3) is 5.56 Å². The molecular formula is C18H22N6O2. The Morgan fingerprint density at radius 3 is 2.81 bits per heavy atom. The molecular weight excluding hydrogens is 332 g/mol. The van der Waals surface area contributed by atoms with Crippen molar-refractivity contribution in [2.24, 2.45) is 0 Å². The number of aromatic amines is 1. The first-order valence-electron chi connectivity index (χ1n) is 8.69. The van der Waals surface area contributed by atoms with Crippen molar-refractivity contribution in [2.75, 3.05) is 0 Å². The smallest absolute Gasteiger partial charge is 0.254 e. The van der Waals surface area contributed by atoms with E-state index in [1.165, 1.54) is 0 Å². The first-order chi connectivity index (χ1) is 12.5. The first kappa shape index (κ1) is 17.8. The highest BCUT2D eigenvalue weighted by Gasteiger charge is 2.18. The summed E-state index contributed by atoms with van der Waals surface area (Å²) in [5, 5.41) is 2.95. The van der Waals surface area contributed by atoms with Crippen molar-refractivity contribution in [1.29, 1.82) is 0 Å². The molecule has 0 saturated heterocycles. The van der Waals surface area contributed by atoms with Crippen molar-refractivity contribution in [1.82, 2.24) is 29.7 Å². The predicted octanol–water partition coefficient (Wildman–Crippen LogP) is 1.49. The molecule has 1 unspecified atom stereocenters. The van der Waals surface area contributed by atoms with Crippen LogP contribution in [0, 0.1) is 6.92 Å². The molecule has 3 heterocycles. The van der Waals surface area contributed by atoms with Gasteiger partial charge in [-0.05, 0) is 19.4 Å². The minimum Gasteiger partial charge on any atom is -0.347 e. The van der Waals surface area contributed by atoms with E-state index in [1.54, 1.807) is 13.1 Å². The third-order valence-electron chi connectivity index (χ3n) is 4.30. The van der Waals surface area contributed by atoms with Gasteiger partial charge in [-0.1, -0.05) is 13.8 Å². The number of aromatic nitrogens is 5. The SMILES string of the molecule is CCc1nc(C)c(CC(=O)NC(CC)c2cn3cccnc3n2)c(=O)[nH]1. The number of aryl methyl sites for hydroxylation is 2. The van der Waals surface area contributed by atoms with Crippen LogP contribution in [-0.4, -0.2) is 30.2 Å². The number of carbonyl (C=O) groups excluding carboxylic acids is 1. The molecule has 2 N–H and O–H groups in total. The van der Waals surface area contributed by atoms with E-state index in [2.05, 4.69) is 25.3 Å². The van der Waals surface area contributed by atoms with Gasteiger partial charge in [0.15, 0.2) is 0 Å². The Labute approximate surface area is 150 Å². The molecule has 0 aliphatic rings. The van der Waals surface area contributed by atoms with Crippen molar-refractivity contribution in [3.05, 3.63) is 57.8 Å². The topological polar surface area (TPSA) is 105 Å². The highest BCUT2D eigenvalue weighted by atomic mass is 16.2. The fraction of sp³-hybridized carbons (Fsp3) is 0.389. The van der Waals surface area contributed by atoms with Gasteiger partial charge in [-0.15, -0.1) is 0 Å². The van der Waals surface area contributed by atoms with E-state index < -0.39 is 0 Å². The summed E-state index contributed by atoms with van der Waals surface area (Å²) in [7, 11) is 0. The van der Waals surface area contributed by atoms with Gasteiger partial charge in [0, 0.05) is 36.3 Å². The fourth-order valence-electron chi connectivity index (χ4n) is 2.85. The number of nitrogens with one attached hydrogen (secondary N) is 2. The van der Waals surface area contributed by atoms with Crippen LogP contribution in [0.3, 0.4) is 0 Å². The Hall–Kier alpha value is -3.03. The molecule has 3 aromatic rings. The van der Waals surface area contributed by atoms with Crippen LogP contribution >= 0.6 is 0 Å². The van der Waals surface area contributed by atoms with Crippen LogP contribution < -0.4 is 10.9 Å². The van der Waals surface area contributed by atoms with E-state index in [-0.39, 0.29) is 23.9 Å². The minimum absolute atomic E-state index is 0.0136. The maximum absolute atomic E-state index is 12.5. The number of H-pyrrole nitrogens is 1. The lowest BCUT2D eigenvalue weighted by atomic mass is 10.1. The average molecular weight is 354 g/mol. The summed E-state index contributed by atoms with van der Waals surface area (Å²) in [5.41, 5.74) is 1.47. The molecule has 0 spiro atoms. The van der Waals surface area contributed by atoms with E-state index in [4.69, 9.17) is 0 Å². The number of hydrogen-bond acceptors (Lipinski definition) is 5. The standard InChI is InChI=1S/C18H22N6O2/c1-4-13(14-10-24-8-6-7-19-18(24)22-14)21-16(25)9-12-11(3)20-15(5-2)23-17(12)26/h6-8,10,13H,4-5,9H2,1-3H3,(H,21,25)(H,20,23,26). The van der Waals surface area contributed by atoms with Gasteiger partial charge in [0.1, 0.15) is 5.82 Å². The Kier molecular flexibility index (Phi) is 5.11. The van der Waals surface area contributed by atoms with Crippen LogP contribution in [-0.2, 0) is 17.6 Å². The van der Waals surface area contributed by atoms with Gasteiger partial charge in [0.2, 0.25) is 11.7 Å². The molecule has 0 aliphatic heterocycles. The Bertz CT molecular complexity index is 958. The summed E-state index contributed by atoms with van der Waals surface area (Å²) in [5.74, 6) is 0.976. The van der Waals surface area contributed by atoms with Gasteiger partial charge < -0.3 is 10.3 Å². The van der Waals surface area contributed by atoms with Crippen LogP contribution in [0.25, 0.3) is 5.78 Å². The zero-order chi connectivity index (χ0) is 18.7. The molecule has 1 atom stereocenters. The van der Waals surface area contributed by atoms with Gasteiger partial charge in [-0.25, -0.2) is 15.0 Å². The Balaban J connectivity index is 1.77. The van der Waals surface area contributed by atoms with Crippen molar-refractivity contribution in [3.8, 4) is 0 Å². The second kappa shape index (κ2) is 7.47. The normalized spacial score (nSPS) is 12.3. The van der Waals surface area contributed by atoms with Crippen molar-refractivity contribution in [3.63, 3.8) is 0 Å². The molecule has 1 amide bonds. The molecule has 26 heavy (non-hydrogen) atoms. The van der Waals surface area contributed by atoms with Crippen molar-refractivity contribution < 1.29 is 4.79 Å². The zero-order valence-corrected chi connectivity index (χ0v) is 15.1. The molecule has 3 rings (SSSR count).